The molecule has 2 nitrogen and oxygen atoms in total. The first-order chi connectivity index (χ1) is 4.41. The molecule has 0 spiro atoms. The number of hydrogen-bond donors (Lipinski definition) is 0. The second kappa shape index (κ2) is 7.08. The van der Waals surface area contributed by atoms with E-state index in [0.29, 0.717) is 0 Å². The Hall–Kier alpha value is -0.920. The van der Waals surface area contributed by atoms with Gasteiger partial charge in [0.1, 0.15) is 0 Å². The van der Waals surface area contributed by atoms with Gasteiger partial charge in [-0.1, -0.05) is 12.2 Å². The van der Waals surface area contributed by atoms with Gasteiger partial charge in [0.15, 0.2) is 0 Å². The van der Waals surface area contributed by atoms with Gasteiger partial charge in [-0.05, 0) is 13.8 Å². The third kappa shape index (κ3) is 7.08. The van der Waals surface area contributed by atoms with Crippen LogP contribution >= 0.6 is 0 Å². The van der Waals surface area contributed by atoms with Crippen LogP contribution in [0, 0.1) is 0 Å². The summed E-state index contributed by atoms with van der Waals surface area (Å²) in [7, 11) is 0. The van der Waals surface area contributed by atoms with Gasteiger partial charge in [0, 0.05) is 0 Å². The first-order valence-electron chi connectivity index (χ1n) is 2.87. The van der Waals surface area contributed by atoms with Crippen molar-refractivity contribution in [3.05, 3.63) is 24.7 Å². The minimum Gasteiger partial charge on any atom is -0.465 e. The molecule has 0 bridgehead atoms. The highest BCUT2D eigenvalue weighted by atomic mass is 16.7. The lowest BCUT2D eigenvalue weighted by Gasteiger charge is -1.97. The SMILES string of the molecule is C/C=C\OCO/C=C\C. The van der Waals surface area contributed by atoms with E-state index in [-0.39, 0.29) is 6.79 Å². The largest absolute Gasteiger partial charge is 0.465 e. The maximum atomic E-state index is 4.83. The van der Waals surface area contributed by atoms with E-state index in [1.165, 1.54) is 0 Å². The molecule has 0 aliphatic heterocycles. The van der Waals surface area contributed by atoms with Crippen molar-refractivity contribution in [1.82, 2.24) is 0 Å². The number of ether oxygens (including phenoxy) is 2. The lowest BCUT2D eigenvalue weighted by atomic mass is 10.7. The molecule has 0 amide bonds. The normalized spacial score (nSPS) is 10.9. The second-order valence-electron chi connectivity index (χ2n) is 1.39. The molecule has 9 heavy (non-hydrogen) atoms. The van der Waals surface area contributed by atoms with Crippen LogP contribution in [0.4, 0.5) is 0 Å². The van der Waals surface area contributed by atoms with Crippen molar-refractivity contribution >= 4 is 0 Å². The van der Waals surface area contributed by atoms with E-state index in [2.05, 4.69) is 0 Å². The summed E-state index contributed by atoms with van der Waals surface area (Å²) in [6, 6.07) is 0. The van der Waals surface area contributed by atoms with Crippen molar-refractivity contribution in [3.63, 3.8) is 0 Å². The van der Waals surface area contributed by atoms with Gasteiger partial charge in [-0.25, -0.2) is 0 Å². The molecule has 0 aliphatic rings. The molecule has 0 fully saturated rings. The first-order valence-corrected chi connectivity index (χ1v) is 2.87. The van der Waals surface area contributed by atoms with Gasteiger partial charge < -0.3 is 9.47 Å². The maximum Gasteiger partial charge on any atom is 0.229 e. The first kappa shape index (κ1) is 8.08. The lowest BCUT2D eigenvalue weighted by molar-refractivity contribution is 0.0449. The Kier molecular flexibility index (Phi) is 6.36. The average Bonchev–Trinajstić information content (AvgIpc) is 1.89. The highest BCUT2D eigenvalue weighted by molar-refractivity contribution is 4.66. The molecule has 0 aromatic rings. The van der Waals surface area contributed by atoms with Crippen LogP contribution in [0.2, 0.25) is 0 Å². The molecule has 0 radical (unpaired) electrons. The Morgan fingerprint density at radius 1 is 1.00 bits per heavy atom. The molecule has 0 unspecified atom stereocenters. The molecule has 0 saturated heterocycles. The predicted molar refractivity (Wildman–Crippen MR) is 36.7 cm³/mol. The fraction of sp³-hybridized carbons (Fsp3) is 0.429. The average molecular weight is 128 g/mol. The Morgan fingerprint density at radius 3 is 1.78 bits per heavy atom. The molecule has 0 heterocycles. The predicted octanol–water partition coefficient (Wildman–Crippen LogP) is 2.04. The molecule has 0 saturated carbocycles. The highest BCUT2D eigenvalue weighted by Gasteiger charge is 1.72. The standard InChI is InChI=1S/C7H12O2/c1-3-5-8-7-9-6-4-2/h3-6H,7H2,1-2H3/b5-3-,6-4-. The van der Waals surface area contributed by atoms with E-state index < -0.39 is 0 Å². The monoisotopic (exact) mass is 128 g/mol. The van der Waals surface area contributed by atoms with Crippen LogP contribution in [-0.2, 0) is 9.47 Å². The van der Waals surface area contributed by atoms with E-state index in [4.69, 9.17) is 9.47 Å². The molecule has 0 N–H and O–H groups in total. The minimum absolute atomic E-state index is 0.286. The molecule has 0 aromatic carbocycles. The van der Waals surface area contributed by atoms with Crippen LogP contribution < -0.4 is 0 Å². The van der Waals surface area contributed by atoms with Crippen molar-refractivity contribution in [2.24, 2.45) is 0 Å². The van der Waals surface area contributed by atoms with Gasteiger partial charge in [-0.15, -0.1) is 0 Å². The Balaban J connectivity index is 2.91. The van der Waals surface area contributed by atoms with Crippen LogP contribution in [0.25, 0.3) is 0 Å². The molecule has 0 rings (SSSR count). The van der Waals surface area contributed by atoms with Crippen molar-refractivity contribution < 1.29 is 9.47 Å². The quantitative estimate of drug-likeness (QED) is 0.327. The Morgan fingerprint density at radius 2 is 1.44 bits per heavy atom. The maximum absolute atomic E-state index is 4.83. The van der Waals surface area contributed by atoms with Gasteiger partial charge in [0.2, 0.25) is 6.79 Å². The third-order valence-corrected chi connectivity index (χ3v) is 0.601. The lowest BCUT2D eigenvalue weighted by Crippen LogP contribution is -1.86. The van der Waals surface area contributed by atoms with E-state index in [9.17, 15) is 0 Å². The molecule has 0 atom stereocenters. The van der Waals surface area contributed by atoms with Crippen LogP contribution in [-0.4, -0.2) is 6.79 Å². The summed E-state index contributed by atoms with van der Waals surface area (Å²) in [4.78, 5) is 0. The Bertz CT molecular complexity index is 83.1. The van der Waals surface area contributed by atoms with Crippen LogP contribution in [0.15, 0.2) is 24.7 Å². The Labute approximate surface area is 55.8 Å². The second-order valence-corrected chi connectivity index (χ2v) is 1.39. The van der Waals surface area contributed by atoms with Crippen molar-refractivity contribution in [2.75, 3.05) is 6.79 Å². The summed E-state index contributed by atoms with van der Waals surface area (Å²) in [5.41, 5.74) is 0. The van der Waals surface area contributed by atoms with Crippen LogP contribution in [0.3, 0.4) is 0 Å². The summed E-state index contributed by atoms with van der Waals surface area (Å²) >= 11 is 0. The van der Waals surface area contributed by atoms with E-state index >= 15 is 0 Å². The van der Waals surface area contributed by atoms with Crippen molar-refractivity contribution in [2.45, 2.75) is 13.8 Å². The third-order valence-electron chi connectivity index (χ3n) is 0.601. The van der Waals surface area contributed by atoms with Crippen LogP contribution in [0.1, 0.15) is 13.8 Å². The topological polar surface area (TPSA) is 18.5 Å². The fourth-order valence-electron chi connectivity index (χ4n) is 0.310. The molecule has 2 heteroatoms. The summed E-state index contributed by atoms with van der Waals surface area (Å²) in [6.07, 6.45) is 6.78. The zero-order valence-corrected chi connectivity index (χ0v) is 5.83. The number of rotatable bonds is 4. The van der Waals surface area contributed by atoms with Gasteiger partial charge >= 0.3 is 0 Å². The van der Waals surface area contributed by atoms with Crippen molar-refractivity contribution in [1.29, 1.82) is 0 Å². The van der Waals surface area contributed by atoms with Gasteiger partial charge in [-0.3, -0.25) is 0 Å². The molecular weight excluding hydrogens is 116 g/mol. The summed E-state index contributed by atoms with van der Waals surface area (Å²) < 4.78 is 9.66. The van der Waals surface area contributed by atoms with Gasteiger partial charge in [0.25, 0.3) is 0 Å². The van der Waals surface area contributed by atoms with E-state index in [0.717, 1.165) is 0 Å². The van der Waals surface area contributed by atoms with E-state index in [1.54, 1.807) is 24.7 Å². The molecular formula is C7H12O2. The molecule has 52 valence electrons. The fourth-order valence-corrected chi connectivity index (χ4v) is 0.310. The number of hydrogen-bond acceptors (Lipinski definition) is 2. The van der Waals surface area contributed by atoms with Gasteiger partial charge in [-0.2, -0.15) is 0 Å². The zero-order chi connectivity index (χ0) is 6.95. The minimum atomic E-state index is 0.286. The smallest absolute Gasteiger partial charge is 0.229 e. The summed E-state index contributed by atoms with van der Waals surface area (Å²) in [5, 5.41) is 0. The van der Waals surface area contributed by atoms with Crippen LogP contribution in [0.5, 0.6) is 0 Å². The number of allylic oxidation sites excluding steroid dienone is 2. The van der Waals surface area contributed by atoms with Crippen molar-refractivity contribution in [3.8, 4) is 0 Å². The van der Waals surface area contributed by atoms with E-state index in [1.807, 2.05) is 13.8 Å². The zero-order valence-electron chi connectivity index (χ0n) is 5.83. The summed E-state index contributed by atoms with van der Waals surface area (Å²) in [5.74, 6) is 0. The molecule has 0 aliphatic carbocycles. The summed E-state index contributed by atoms with van der Waals surface area (Å²) in [6.45, 7) is 4.06. The highest BCUT2D eigenvalue weighted by Crippen LogP contribution is 1.80. The molecule has 0 aromatic heterocycles. The van der Waals surface area contributed by atoms with Gasteiger partial charge in [0.05, 0.1) is 12.5 Å².